The number of benzene rings is 2. The predicted molar refractivity (Wildman–Crippen MR) is 105 cm³/mol. The molecule has 1 heteroatoms. The molecule has 0 bridgehead atoms. The number of nitrogens with zero attached hydrogens (tertiary/aromatic N) is 1. The molecule has 0 saturated heterocycles. The zero-order valence-corrected chi connectivity index (χ0v) is 15.6. The van der Waals surface area contributed by atoms with Gasteiger partial charge in [-0.1, -0.05) is 93.3 Å². The zero-order valence-electron chi connectivity index (χ0n) is 15.6. The maximum atomic E-state index is 2.42. The second-order valence-electron chi connectivity index (χ2n) is 7.40. The van der Waals surface area contributed by atoms with E-state index in [1.807, 2.05) is 0 Å². The highest BCUT2D eigenvalue weighted by molar-refractivity contribution is 5.15. The van der Waals surface area contributed by atoms with E-state index in [2.05, 4.69) is 74.6 Å². The minimum absolute atomic E-state index is 1.10. The Hall–Kier alpha value is -1.60. The van der Waals surface area contributed by atoms with Crippen molar-refractivity contribution in [2.75, 3.05) is 13.6 Å². The molecule has 0 heterocycles. The molecule has 130 valence electrons. The number of hydrogen-bond acceptors (Lipinski definition) is 0. The lowest BCUT2D eigenvalue weighted by atomic mass is 10.1. The molecular weight excluding hydrogens is 290 g/mol. The summed E-state index contributed by atoms with van der Waals surface area (Å²) in [6, 6.07) is 21.9. The summed E-state index contributed by atoms with van der Waals surface area (Å²) in [6.07, 6.45) is 8.22. The molecule has 0 aliphatic carbocycles. The van der Waals surface area contributed by atoms with Gasteiger partial charge >= 0.3 is 0 Å². The number of quaternary nitrogens is 1. The van der Waals surface area contributed by atoms with Gasteiger partial charge in [0.15, 0.2) is 0 Å². The Morgan fingerprint density at radius 2 is 1.08 bits per heavy atom. The Bertz CT molecular complexity index is 505. The molecule has 0 aliphatic heterocycles. The van der Waals surface area contributed by atoms with Gasteiger partial charge in [0.25, 0.3) is 0 Å². The van der Waals surface area contributed by atoms with Gasteiger partial charge in [0.2, 0.25) is 0 Å². The van der Waals surface area contributed by atoms with Crippen LogP contribution in [0.3, 0.4) is 0 Å². The minimum Gasteiger partial charge on any atom is -0.319 e. The lowest BCUT2D eigenvalue weighted by molar-refractivity contribution is -0.935. The second-order valence-corrected chi connectivity index (χ2v) is 7.40. The Morgan fingerprint density at radius 1 is 0.625 bits per heavy atom. The molecule has 0 fully saturated rings. The summed E-state index contributed by atoms with van der Waals surface area (Å²) in [5.41, 5.74) is 2.89. The van der Waals surface area contributed by atoms with E-state index < -0.39 is 0 Å². The van der Waals surface area contributed by atoms with Crippen LogP contribution in [0.4, 0.5) is 0 Å². The Balaban J connectivity index is 1.95. The first-order valence-corrected chi connectivity index (χ1v) is 9.63. The fourth-order valence-electron chi connectivity index (χ4n) is 3.54. The largest absolute Gasteiger partial charge is 0.319 e. The van der Waals surface area contributed by atoms with Crippen LogP contribution < -0.4 is 0 Å². The third kappa shape index (κ3) is 6.88. The van der Waals surface area contributed by atoms with Crippen molar-refractivity contribution in [3.8, 4) is 0 Å². The highest BCUT2D eigenvalue weighted by Gasteiger charge is 2.22. The van der Waals surface area contributed by atoms with E-state index >= 15 is 0 Å². The van der Waals surface area contributed by atoms with Crippen molar-refractivity contribution in [2.24, 2.45) is 0 Å². The molecule has 0 unspecified atom stereocenters. The maximum Gasteiger partial charge on any atom is 0.104 e. The van der Waals surface area contributed by atoms with Crippen molar-refractivity contribution in [1.82, 2.24) is 0 Å². The lowest BCUT2D eigenvalue weighted by Crippen LogP contribution is -2.43. The Morgan fingerprint density at radius 3 is 1.58 bits per heavy atom. The highest BCUT2D eigenvalue weighted by atomic mass is 15.3. The molecule has 0 saturated carbocycles. The van der Waals surface area contributed by atoms with E-state index in [0.29, 0.717) is 0 Å². The molecule has 2 aromatic carbocycles. The van der Waals surface area contributed by atoms with Crippen LogP contribution in [0, 0.1) is 0 Å². The van der Waals surface area contributed by atoms with E-state index in [4.69, 9.17) is 0 Å². The van der Waals surface area contributed by atoms with E-state index in [-0.39, 0.29) is 0 Å². The van der Waals surface area contributed by atoms with E-state index in [1.165, 1.54) is 56.2 Å². The average Bonchev–Trinajstić information content (AvgIpc) is 2.60. The Kier molecular flexibility index (Phi) is 8.04. The van der Waals surface area contributed by atoms with Gasteiger partial charge < -0.3 is 4.48 Å². The van der Waals surface area contributed by atoms with Crippen molar-refractivity contribution < 1.29 is 4.48 Å². The normalized spacial score (nSPS) is 11.6. The van der Waals surface area contributed by atoms with Gasteiger partial charge in [-0.25, -0.2) is 0 Å². The minimum atomic E-state index is 1.10. The Labute approximate surface area is 148 Å². The van der Waals surface area contributed by atoms with Gasteiger partial charge in [0.1, 0.15) is 13.1 Å². The van der Waals surface area contributed by atoms with Crippen LogP contribution in [0.15, 0.2) is 60.7 Å². The fourth-order valence-corrected chi connectivity index (χ4v) is 3.54. The summed E-state index contributed by atoms with van der Waals surface area (Å²) in [4.78, 5) is 0. The first-order chi connectivity index (χ1) is 11.7. The van der Waals surface area contributed by atoms with Gasteiger partial charge in [-0.3, -0.25) is 0 Å². The van der Waals surface area contributed by atoms with Gasteiger partial charge in [-0.05, 0) is 12.8 Å². The third-order valence-corrected chi connectivity index (χ3v) is 4.87. The first kappa shape index (κ1) is 18.7. The fraction of sp³-hybridized carbons (Fsp3) is 0.478. The second kappa shape index (κ2) is 10.3. The molecule has 0 spiro atoms. The summed E-state index contributed by atoms with van der Waals surface area (Å²) in [5.74, 6) is 0. The van der Waals surface area contributed by atoms with Crippen molar-refractivity contribution in [3.05, 3.63) is 71.8 Å². The van der Waals surface area contributed by atoms with Crippen molar-refractivity contribution >= 4 is 0 Å². The van der Waals surface area contributed by atoms with Gasteiger partial charge in [0, 0.05) is 11.1 Å². The van der Waals surface area contributed by atoms with Crippen molar-refractivity contribution in [3.63, 3.8) is 0 Å². The van der Waals surface area contributed by atoms with Crippen LogP contribution in [0.5, 0.6) is 0 Å². The summed E-state index contributed by atoms with van der Waals surface area (Å²) < 4.78 is 1.10. The molecule has 2 rings (SSSR count). The summed E-state index contributed by atoms with van der Waals surface area (Å²) in [5, 5.41) is 0. The van der Waals surface area contributed by atoms with Crippen LogP contribution in [0.2, 0.25) is 0 Å². The van der Waals surface area contributed by atoms with Crippen molar-refractivity contribution in [2.45, 2.75) is 58.5 Å². The van der Waals surface area contributed by atoms with Gasteiger partial charge in [-0.15, -0.1) is 0 Å². The van der Waals surface area contributed by atoms with Crippen molar-refractivity contribution in [1.29, 1.82) is 0 Å². The SMILES string of the molecule is CCCCCCCC[N+](C)(Cc1ccccc1)Cc1ccccc1. The summed E-state index contributed by atoms with van der Waals surface area (Å²) in [7, 11) is 2.42. The lowest BCUT2D eigenvalue weighted by Gasteiger charge is -2.35. The molecule has 0 N–H and O–H groups in total. The number of rotatable bonds is 11. The maximum absolute atomic E-state index is 2.42. The predicted octanol–water partition coefficient (Wildman–Crippen LogP) is 6.19. The van der Waals surface area contributed by atoms with Crippen LogP contribution >= 0.6 is 0 Å². The molecule has 0 aromatic heterocycles. The van der Waals surface area contributed by atoms with Crippen LogP contribution in [0.1, 0.15) is 56.6 Å². The zero-order chi connectivity index (χ0) is 17.1. The molecule has 2 aromatic rings. The molecule has 0 radical (unpaired) electrons. The van der Waals surface area contributed by atoms with Gasteiger partial charge in [0.05, 0.1) is 13.6 Å². The van der Waals surface area contributed by atoms with Crippen LogP contribution in [-0.2, 0) is 13.1 Å². The highest BCUT2D eigenvalue weighted by Crippen LogP contribution is 2.19. The number of unbranched alkanes of at least 4 members (excludes halogenated alkanes) is 5. The van der Waals surface area contributed by atoms with E-state index in [0.717, 1.165) is 17.6 Å². The van der Waals surface area contributed by atoms with Crippen LogP contribution in [0.25, 0.3) is 0 Å². The quantitative estimate of drug-likeness (QED) is 0.341. The van der Waals surface area contributed by atoms with Gasteiger partial charge in [-0.2, -0.15) is 0 Å². The average molecular weight is 325 g/mol. The van der Waals surface area contributed by atoms with E-state index in [9.17, 15) is 0 Å². The topological polar surface area (TPSA) is 0 Å². The molecule has 24 heavy (non-hydrogen) atoms. The molecule has 1 nitrogen and oxygen atoms in total. The molecule has 0 aliphatic rings. The monoisotopic (exact) mass is 324 g/mol. The van der Waals surface area contributed by atoms with Crippen LogP contribution in [-0.4, -0.2) is 18.1 Å². The van der Waals surface area contributed by atoms with E-state index in [1.54, 1.807) is 0 Å². The first-order valence-electron chi connectivity index (χ1n) is 9.63. The standard InChI is InChI=1S/C23H34N/c1-3-4-5-6-7-14-19-24(2,20-22-15-10-8-11-16-22)21-23-17-12-9-13-18-23/h8-13,15-18H,3-7,14,19-21H2,1-2H3/q+1. The molecular formula is C23H34N+. The smallest absolute Gasteiger partial charge is 0.104 e. The summed E-state index contributed by atoms with van der Waals surface area (Å²) in [6.45, 7) is 5.78. The molecule has 0 atom stereocenters. The molecule has 0 amide bonds. The third-order valence-electron chi connectivity index (χ3n) is 4.87. The number of hydrogen-bond donors (Lipinski definition) is 0. The summed E-state index contributed by atoms with van der Waals surface area (Å²) >= 11 is 0.